The Hall–Kier alpha value is -3.42. The molecule has 5 rings (SSSR count). The van der Waals surface area contributed by atoms with E-state index in [2.05, 4.69) is 41.5 Å². The molecule has 0 unspecified atom stereocenters. The molecule has 2 aliphatic rings. The van der Waals surface area contributed by atoms with Crippen LogP contribution in [0.25, 0.3) is 0 Å². The lowest BCUT2D eigenvalue weighted by Crippen LogP contribution is -2.25. The highest BCUT2D eigenvalue weighted by atomic mass is 35.5. The highest BCUT2D eigenvalue weighted by Crippen LogP contribution is 2.38. The molecular weight excluding hydrogens is 492 g/mol. The Labute approximate surface area is 219 Å². The van der Waals surface area contributed by atoms with E-state index in [1.807, 2.05) is 35.3 Å². The van der Waals surface area contributed by atoms with Crippen LogP contribution in [0.4, 0.5) is 5.69 Å². The smallest absolute Gasteiger partial charge is 0.262 e. The van der Waals surface area contributed by atoms with Gasteiger partial charge in [-0.15, -0.1) is 0 Å². The molecule has 6 nitrogen and oxygen atoms in total. The fourth-order valence-electron chi connectivity index (χ4n) is 4.25. The van der Waals surface area contributed by atoms with E-state index >= 15 is 0 Å². The standard InChI is InChI=1S/C28H25ClN4O2S/c1-2-18-8-10-20(11-9-18)24-16-23(19-6-4-3-5-7-19)32-33(24)28-31-27(35)25(36-28)17-26(34)30-22-14-12-21(29)13-15-22/h3-15,24-25H,2,16-17H2,1H3,(H,30,34)/t24-,25-/m1/s1. The molecule has 36 heavy (non-hydrogen) atoms. The molecule has 3 aromatic carbocycles. The number of thioether (sulfide) groups is 1. The Bertz CT molecular complexity index is 1320. The van der Waals surface area contributed by atoms with E-state index in [-0.39, 0.29) is 24.3 Å². The second-order valence-electron chi connectivity index (χ2n) is 8.67. The number of carbonyl (C=O) groups excluding carboxylic acids is 2. The quantitative estimate of drug-likeness (QED) is 0.431. The number of amides is 2. The SMILES string of the molecule is CCc1ccc([C@H]2CC(c3ccccc3)=NN2C2=NC(=O)[C@@H](CC(=O)Nc3ccc(Cl)cc3)S2)cc1. The van der Waals surface area contributed by atoms with Crippen LogP contribution in [0, 0.1) is 0 Å². The van der Waals surface area contributed by atoms with Crippen molar-refractivity contribution in [3.63, 3.8) is 0 Å². The van der Waals surface area contributed by atoms with Crippen molar-refractivity contribution in [3.8, 4) is 0 Å². The highest BCUT2D eigenvalue weighted by molar-refractivity contribution is 8.15. The molecule has 2 atom stereocenters. The maximum Gasteiger partial charge on any atom is 0.262 e. The van der Waals surface area contributed by atoms with Crippen LogP contribution in [0.5, 0.6) is 0 Å². The summed E-state index contributed by atoms with van der Waals surface area (Å²) < 4.78 is 0. The van der Waals surface area contributed by atoms with E-state index in [0.29, 0.717) is 22.3 Å². The number of halogens is 1. The lowest BCUT2D eigenvalue weighted by atomic mass is 9.97. The zero-order valence-electron chi connectivity index (χ0n) is 19.7. The van der Waals surface area contributed by atoms with Crippen LogP contribution in [0.1, 0.15) is 42.5 Å². The van der Waals surface area contributed by atoms with Crippen molar-refractivity contribution >= 4 is 51.7 Å². The zero-order valence-corrected chi connectivity index (χ0v) is 21.3. The fraction of sp³-hybridized carbons (Fsp3) is 0.214. The van der Waals surface area contributed by atoms with E-state index in [1.165, 1.54) is 17.3 Å². The van der Waals surface area contributed by atoms with Crippen molar-refractivity contribution in [1.29, 1.82) is 0 Å². The number of hydrogen-bond donors (Lipinski definition) is 1. The second kappa shape index (κ2) is 10.7. The molecule has 1 N–H and O–H groups in total. The Morgan fingerprint density at radius 1 is 1.06 bits per heavy atom. The number of anilines is 1. The third-order valence-corrected chi connectivity index (χ3v) is 7.61. The normalized spacial score (nSPS) is 19.3. The van der Waals surface area contributed by atoms with Crippen LogP contribution in [0.3, 0.4) is 0 Å². The van der Waals surface area contributed by atoms with Gasteiger partial charge in [-0.05, 0) is 47.4 Å². The van der Waals surface area contributed by atoms with Gasteiger partial charge < -0.3 is 5.32 Å². The van der Waals surface area contributed by atoms with Gasteiger partial charge in [0.2, 0.25) is 5.91 Å². The molecule has 0 bridgehead atoms. The number of rotatable bonds is 6. The molecule has 0 spiro atoms. The number of aryl methyl sites for hydroxylation is 1. The molecule has 8 heteroatoms. The average molecular weight is 517 g/mol. The molecular formula is C28H25ClN4O2S. The summed E-state index contributed by atoms with van der Waals surface area (Å²) in [6.45, 7) is 2.13. The number of nitrogens with zero attached hydrogens (tertiary/aromatic N) is 3. The number of benzene rings is 3. The van der Waals surface area contributed by atoms with Gasteiger partial charge in [-0.1, -0.05) is 84.9 Å². The van der Waals surface area contributed by atoms with Gasteiger partial charge in [0, 0.05) is 23.6 Å². The lowest BCUT2D eigenvalue weighted by Gasteiger charge is -2.23. The number of hydrazone groups is 1. The summed E-state index contributed by atoms with van der Waals surface area (Å²) in [5, 5.41) is 10.1. The van der Waals surface area contributed by atoms with Gasteiger partial charge in [0.15, 0.2) is 5.17 Å². The summed E-state index contributed by atoms with van der Waals surface area (Å²) in [5.41, 5.74) is 5.00. The van der Waals surface area contributed by atoms with Crippen molar-refractivity contribution < 1.29 is 9.59 Å². The Morgan fingerprint density at radius 2 is 1.78 bits per heavy atom. The van der Waals surface area contributed by atoms with Crippen LogP contribution in [0.15, 0.2) is 89.0 Å². The third kappa shape index (κ3) is 5.37. The first-order valence-electron chi connectivity index (χ1n) is 11.9. The molecule has 3 aromatic rings. The molecule has 0 aliphatic carbocycles. The number of hydrogen-bond acceptors (Lipinski definition) is 5. The summed E-state index contributed by atoms with van der Waals surface area (Å²) in [4.78, 5) is 29.7. The van der Waals surface area contributed by atoms with Gasteiger partial charge in [0.05, 0.1) is 11.8 Å². The Balaban J connectivity index is 1.34. The summed E-state index contributed by atoms with van der Waals surface area (Å²) in [7, 11) is 0. The van der Waals surface area contributed by atoms with Crippen LogP contribution in [0.2, 0.25) is 5.02 Å². The molecule has 2 amide bonds. The summed E-state index contributed by atoms with van der Waals surface area (Å²) in [6, 6.07) is 25.3. The first-order chi connectivity index (χ1) is 17.5. The number of nitrogens with one attached hydrogen (secondary N) is 1. The topological polar surface area (TPSA) is 74.1 Å². The van der Waals surface area contributed by atoms with E-state index in [1.54, 1.807) is 24.3 Å². The minimum atomic E-state index is -0.591. The molecule has 0 saturated carbocycles. The maximum absolute atomic E-state index is 12.8. The number of carbonyl (C=O) groups is 2. The second-order valence-corrected chi connectivity index (χ2v) is 10.3. The predicted molar refractivity (Wildman–Crippen MR) is 147 cm³/mol. The van der Waals surface area contributed by atoms with Crippen molar-refractivity contribution in [3.05, 3.63) is 101 Å². The Morgan fingerprint density at radius 3 is 2.47 bits per heavy atom. The summed E-state index contributed by atoms with van der Waals surface area (Å²) in [6.07, 6.45) is 1.69. The molecule has 0 saturated heterocycles. The van der Waals surface area contributed by atoms with Gasteiger partial charge in [0.25, 0.3) is 5.91 Å². The van der Waals surface area contributed by atoms with E-state index in [9.17, 15) is 9.59 Å². The van der Waals surface area contributed by atoms with E-state index in [0.717, 1.165) is 23.3 Å². The first-order valence-corrected chi connectivity index (χ1v) is 13.1. The largest absolute Gasteiger partial charge is 0.326 e. The minimum Gasteiger partial charge on any atom is -0.326 e. The molecule has 0 aromatic heterocycles. The van der Waals surface area contributed by atoms with Crippen LogP contribution in [-0.4, -0.2) is 33.0 Å². The predicted octanol–water partition coefficient (Wildman–Crippen LogP) is 6.08. The maximum atomic E-state index is 12.8. The summed E-state index contributed by atoms with van der Waals surface area (Å²) in [5.74, 6) is -0.564. The van der Waals surface area contributed by atoms with Crippen LogP contribution in [-0.2, 0) is 16.0 Å². The Kier molecular flexibility index (Phi) is 7.20. The average Bonchev–Trinajstić information content (AvgIpc) is 3.50. The molecule has 2 aliphatic heterocycles. The van der Waals surface area contributed by atoms with Crippen molar-refractivity contribution in [1.82, 2.24) is 5.01 Å². The first kappa shape index (κ1) is 24.3. The van der Waals surface area contributed by atoms with Gasteiger partial charge in [0.1, 0.15) is 5.25 Å². The zero-order chi connectivity index (χ0) is 25.1. The van der Waals surface area contributed by atoms with Crippen LogP contribution >= 0.6 is 23.4 Å². The molecule has 2 heterocycles. The number of aliphatic imine (C=N–C) groups is 1. The minimum absolute atomic E-state index is 0.0259. The number of amidine groups is 1. The van der Waals surface area contributed by atoms with Crippen LogP contribution < -0.4 is 5.32 Å². The molecule has 0 fully saturated rings. The summed E-state index contributed by atoms with van der Waals surface area (Å²) >= 11 is 7.21. The van der Waals surface area contributed by atoms with Gasteiger partial charge in [-0.25, -0.2) is 5.01 Å². The van der Waals surface area contributed by atoms with E-state index in [4.69, 9.17) is 16.7 Å². The molecule has 0 radical (unpaired) electrons. The van der Waals surface area contributed by atoms with Crippen molar-refractivity contribution in [2.45, 2.75) is 37.5 Å². The lowest BCUT2D eigenvalue weighted by molar-refractivity contribution is -0.121. The fourth-order valence-corrected chi connectivity index (χ4v) is 5.43. The van der Waals surface area contributed by atoms with Gasteiger partial charge in [-0.2, -0.15) is 10.1 Å². The monoisotopic (exact) mass is 516 g/mol. The van der Waals surface area contributed by atoms with Gasteiger partial charge in [-0.3, -0.25) is 9.59 Å². The third-order valence-electron chi connectivity index (χ3n) is 6.21. The van der Waals surface area contributed by atoms with E-state index < -0.39 is 5.25 Å². The van der Waals surface area contributed by atoms with Gasteiger partial charge >= 0.3 is 0 Å². The van der Waals surface area contributed by atoms with Crippen molar-refractivity contribution in [2.75, 3.05) is 5.32 Å². The highest BCUT2D eigenvalue weighted by Gasteiger charge is 2.39. The molecule has 182 valence electrons. The van der Waals surface area contributed by atoms with Crippen molar-refractivity contribution in [2.24, 2.45) is 10.1 Å².